The fourth-order valence-electron chi connectivity index (χ4n) is 8.22. The number of rotatable bonds is 5. The lowest BCUT2D eigenvalue weighted by molar-refractivity contribution is -0.265. The Kier molecular flexibility index (Phi) is 7.02. The Labute approximate surface area is 228 Å². The standard InChI is InChI=1S/C29H40N2O8/c1-12(2)9-17(33)31-15-7-8-16(32)18-14(15)10-27(5)11-28(6)20(13(3)4)23(35)19(26(30)38)24(36)29(28,39)25(37)21(27)22(18)34/h7-8,12-13,19-21,23,25,32,35,37,39H,9-11H2,1-6H3,(H2,30,38)(H,31,33)/t19-,20+,21-,23?,25?,27-,28-,29+/m1/s1. The minimum Gasteiger partial charge on any atom is -0.507 e. The molecule has 0 radical (unpaired) electrons. The molecule has 2 unspecified atom stereocenters. The van der Waals surface area contributed by atoms with Crippen LogP contribution in [0.15, 0.2) is 12.1 Å². The molecular weight excluding hydrogens is 504 g/mol. The lowest BCUT2D eigenvalue weighted by atomic mass is 9.39. The van der Waals surface area contributed by atoms with Gasteiger partial charge in [0.25, 0.3) is 0 Å². The number of aliphatic hydroxyl groups excluding tert-OH is 2. The smallest absolute Gasteiger partial charge is 0.230 e. The molecule has 0 bridgehead atoms. The molecule has 10 nitrogen and oxygen atoms in total. The minimum absolute atomic E-state index is 0.0373. The molecule has 39 heavy (non-hydrogen) atoms. The Balaban J connectivity index is 1.90. The lowest BCUT2D eigenvalue weighted by Gasteiger charge is -2.66. The maximum atomic E-state index is 14.0. The van der Waals surface area contributed by atoms with Gasteiger partial charge in [0, 0.05) is 17.5 Å². The van der Waals surface area contributed by atoms with Crippen molar-refractivity contribution in [2.45, 2.75) is 78.6 Å². The highest BCUT2D eigenvalue weighted by molar-refractivity contribution is 6.10. The summed E-state index contributed by atoms with van der Waals surface area (Å²) < 4.78 is 0. The van der Waals surface area contributed by atoms with Gasteiger partial charge in [-0.05, 0) is 53.7 Å². The number of aromatic hydroxyl groups is 1. The monoisotopic (exact) mass is 544 g/mol. The van der Waals surface area contributed by atoms with Crippen molar-refractivity contribution in [2.24, 2.45) is 46.2 Å². The van der Waals surface area contributed by atoms with Gasteiger partial charge in [0.1, 0.15) is 17.8 Å². The van der Waals surface area contributed by atoms with E-state index in [0.717, 1.165) is 0 Å². The number of phenolic OH excluding ortho intramolecular Hbond substituents is 1. The molecule has 3 aliphatic rings. The number of Topliss-reactive ketones (excluding diaryl/α,β-unsaturated/α-hetero) is 2. The van der Waals surface area contributed by atoms with Crippen molar-refractivity contribution in [1.82, 2.24) is 0 Å². The predicted octanol–water partition coefficient (Wildman–Crippen LogP) is 1.56. The zero-order valence-corrected chi connectivity index (χ0v) is 23.3. The second-order valence-corrected chi connectivity index (χ2v) is 13.1. The van der Waals surface area contributed by atoms with Gasteiger partial charge in [0.05, 0.1) is 17.6 Å². The third-order valence-electron chi connectivity index (χ3n) is 9.53. The van der Waals surface area contributed by atoms with E-state index in [0.29, 0.717) is 11.3 Å². The van der Waals surface area contributed by atoms with E-state index >= 15 is 0 Å². The number of amides is 2. The first-order valence-electron chi connectivity index (χ1n) is 13.5. The van der Waals surface area contributed by atoms with Crippen LogP contribution in [0, 0.1) is 40.4 Å². The zero-order chi connectivity index (χ0) is 29.4. The third-order valence-corrected chi connectivity index (χ3v) is 9.53. The van der Waals surface area contributed by atoms with Crippen molar-refractivity contribution in [3.05, 3.63) is 23.3 Å². The number of primary amides is 1. The summed E-state index contributed by atoms with van der Waals surface area (Å²) in [7, 11) is 0. The van der Waals surface area contributed by atoms with Gasteiger partial charge in [-0.3, -0.25) is 19.2 Å². The second kappa shape index (κ2) is 9.38. The normalized spacial score (nSPS) is 37.8. The fourth-order valence-corrected chi connectivity index (χ4v) is 8.22. The Morgan fingerprint density at radius 2 is 1.74 bits per heavy atom. The van der Waals surface area contributed by atoms with Crippen LogP contribution in [0.2, 0.25) is 0 Å². The molecule has 0 saturated heterocycles. The van der Waals surface area contributed by atoms with Crippen LogP contribution >= 0.6 is 0 Å². The summed E-state index contributed by atoms with van der Waals surface area (Å²) in [5, 5.41) is 48.7. The molecule has 4 rings (SSSR count). The highest BCUT2D eigenvalue weighted by Crippen LogP contribution is 2.65. The van der Waals surface area contributed by atoms with Gasteiger partial charge in [0.2, 0.25) is 11.8 Å². The number of nitrogens with two attached hydrogens (primary N) is 1. The van der Waals surface area contributed by atoms with Crippen LogP contribution in [0.25, 0.3) is 0 Å². The number of anilines is 1. The van der Waals surface area contributed by atoms with Crippen LogP contribution in [-0.2, 0) is 20.8 Å². The number of ketones is 2. The molecule has 2 amide bonds. The van der Waals surface area contributed by atoms with Crippen molar-refractivity contribution in [3.63, 3.8) is 0 Å². The number of carbonyl (C=O) groups is 4. The number of carbonyl (C=O) groups excluding carboxylic acids is 4. The molecule has 1 aromatic rings. The number of phenols is 1. The van der Waals surface area contributed by atoms with Crippen molar-refractivity contribution < 1.29 is 39.6 Å². The topological polar surface area (TPSA) is 187 Å². The van der Waals surface area contributed by atoms with Gasteiger partial charge in [0.15, 0.2) is 17.2 Å². The molecule has 0 aliphatic heterocycles. The summed E-state index contributed by atoms with van der Waals surface area (Å²) in [5.74, 6) is -7.60. The molecule has 1 aromatic carbocycles. The van der Waals surface area contributed by atoms with Gasteiger partial charge in [-0.2, -0.15) is 0 Å². The van der Waals surface area contributed by atoms with Gasteiger partial charge in [-0.25, -0.2) is 0 Å². The first-order valence-corrected chi connectivity index (χ1v) is 13.5. The van der Waals surface area contributed by atoms with Gasteiger partial charge >= 0.3 is 0 Å². The molecule has 3 aliphatic carbocycles. The Morgan fingerprint density at radius 1 is 1.13 bits per heavy atom. The van der Waals surface area contributed by atoms with Crippen molar-refractivity contribution in [1.29, 1.82) is 0 Å². The second-order valence-electron chi connectivity index (χ2n) is 13.1. The predicted molar refractivity (Wildman–Crippen MR) is 142 cm³/mol. The van der Waals surface area contributed by atoms with Crippen molar-refractivity contribution in [3.8, 4) is 5.75 Å². The fraction of sp³-hybridized carbons (Fsp3) is 0.655. The summed E-state index contributed by atoms with van der Waals surface area (Å²) in [6, 6.07) is 2.82. The van der Waals surface area contributed by atoms with Crippen LogP contribution in [0.4, 0.5) is 5.69 Å². The van der Waals surface area contributed by atoms with Gasteiger partial charge in [-0.15, -0.1) is 0 Å². The van der Waals surface area contributed by atoms with E-state index < -0.39 is 63.9 Å². The molecular formula is C29H40N2O8. The highest BCUT2D eigenvalue weighted by atomic mass is 16.4. The average Bonchev–Trinajstić information content (AvgIpc) is 2.77. The van der Waals surface area contributed by atoms with Crippen LogP contribution in [-0.4, -0.2) is 61.6 Å². The SMILES string of the molecule is CC(C)CC(=O)Nc1ccc(O)c2c1C[C@]1(C)C[C@]3(C)[C@@H](C(C)C)C(O)[C@@H](C(N)=O)C(=O)[C@]3(O)C(O)[C@H]1C2=O. The summed E-state index contributed by atoms with van der Waals surface area (Å²) in [5.41, 5.74) is 1.15. The first kappa shape index (κ1) is 29.2. The summed E-state index contributed by atoms with van der Waals surface area (Å²) >= 11 is 0. The molecule has 7 N–H and O–H groups in total. The van der Waals surface area contributed by atoms with Crippen LogP contribution in [0.3, 0.4) is 0 Å². The number of aliphatic hydroxyl groups is 3. The molecule has 0 heterocycles. The average molecular weight is 545 g/mol. The lowest BCUT2D eigenvalue weighted by Crippen LogP contribution is -2.79. The summed E-state index contributed by atoms with van der Waals surface area (Å²) in [4.78, 5) is 52.6. The van der Waals surface area contributed by atoms with E-state index in [1.807, 2.05) is 13.8 Å². The minimum atomic E-state index is -2.56. The molecule has 214 valence electrons. The Morgan fingerprint density at radius 3 is 2.28 bits per heavy atom. The van der Waals surface area contributed by atoms with Gasteiger partial charge < -0.3 is 31.5 Å². The van der Waals surface area contributed by atoms with E-state index in [1.165, 1.54) is 12.1 Å². The highest BCUT2D eigenvalue weighted by Gasteiger charge is 2.75. The van der Waals surface area contributed by atoms with Crippen LogP contribution in [0.1, 0.15) is 70.3 Å². The van der Waals surface area contributed by atoms with E-state index in [1.54, 1.807) is 27.7 Å². The quantitative estimate of drug-likeness (QED) is 0.238. The third kappa shape index (κ3) is 4.02. The molecule has 2 fully saturated rings. The number of hydrogen-bond donors (Lipinski definition) is 6. The maximum Gasteiger partial charge on any atom is 0.230 e. The Hall–Kier alpha value is -2.82. The van der Waals surface area contributed by atoms with Gasteiger partial charge in [-0.1, -0.05) is 41.5 Å². The maximum absolute atomic E-state index is 14.0. The van der Waals surface area contributed by atoms with Crippen molar-refractivity contribution >= 4 is 29.1 Å². The number of fused-ring (bicyclic) bond motifs is 3. The van der Waals surface area contributed by atoms with Crippen molar-refractivity contribution in [2.75, 3.05) is 5.32 Å². The van der Waals surface area contributed by atoms with E-state index in [2.05, 4.69) is 5.32 Å². The summed E-state index contributed by atoms with van der Waals surface area (Å²) in [6.45, 7) is 10.8. The van der Waals surface area contributed by atoms with E-state index in [4.69, 9.17) is 5.73 Å². The largest absolute Gasteiger partial charge is 0.507 e. The number of nitrogens with one attached hydrogen (secondary N) is 1. The molecule has 0 spiro atoms. The zero-order valence-electron chi connectivity index (χ0n) is 23.3. The first-order chi connectivity index (χ1) is 17.9. The number of hydrogen-bond acceptors (Lipinski definition) is 8. The molecule has 8 atom stereocenters. The van der Waals surface area contributed by atoms with E-state index in [9.17, 15) is 39.6 Å². The molecule has 2 saturated carbocycles. The van der Waals surface area contributed by atoms with Crippen LogP contribution in [0.5, 0.6) is 5.75 Å². The van der Waals surface area contributed by atoms with E-state index in [-0.39, 0.29) is 48.3 Å². The molecule has 0 aromatic heterocycles. The Bertz CT molecular complexity index is 1240. The molecule has 10 heteroatoms. The summed E-state index contributed by atoms with van der Waals surface area (Å²) in [6.07, 6.45) is -3.00. The number of benzene rings is 1. The van der Waals surface area contributed by atoms with Crippen LogP contribution < -0.4 is 11.1 Å².